The van der Waals surface area contributed by atoms with Crippen molar-refractivity contribution in [2.75, 3.05) is 0 Å². The molecule has 14 heavy (non-hydrogen) atoms. The van der Waals surface area contributed by atoms with Crippen LogP contribution in [0.4, 0.5) is 0 Å². The molecule has 0 spiro atoms. The SMILES string of the molecule is C=C1C2CC3CC1CC(S(=O)O)(C3)C2. The minimum atomic E-state index is -1.63. The van der Waals surface area contributed by atoms with Crippen molar-refractivity contribution < 1.29 is 8.76 Å². The quantitative estimate of drug-likeness (QED) is 0.535. The van der Waals surface area contributed by atoms with Gasteiger partial charge in [-0.05, 0) is 49.9 Å². The maximum absolute atomic E-state index is 11.4. The summed E-state index contributed by atoms with van der Waals surface area (Å²) in [6.07, 6.45) is 5.28. The Bertz CT molecular complexity index is 305. The molecule has 4 fully saturated rings. The fourth-order valence-corrected chi connectivity index (χ4v) is 5.09. The molecule has 4 aliphatic carbocycles. The molecule has 0 aliphatic heterocycles. The molecule has 0 aromatic carbocycles. The van der Waals surface area contributed by atoms with Crippen molar-refractivity contribution in [1.82, 2.24) is 0 Å². The minimum Gasteiger partial charge on any atom is -0.306 e. The van der Waals surface area contributed by atoms with E-state index < -0.39 is 11.1 Å². The Morgan fingerprint density at radius 2 is 1.86 bits per heavy atom. The molecular formula is C11H16O2S. The van der Waals surface area contributed by atoms with Crippen molar-refractivity contribution in [3.63, 3.8) is 0 Å². The lowest BCUT2D eigenvalue weighted by molar-refractivity contribution is 0.0849. The van der Waals surface area contributed by atoms with Crippen LogP contribution >= 0.6 is 0 Å². The molecule has 2 nitrogen and oxygen atoms in total. The zero-order valence-electron chi connectivity index (χ0n) is 8.24. The van der Waals surface area contributed by atoms with Crippen LogP contribution in [0.15, 0.2) is 12.2 Å². The summed E-state index contributed by atoms with van der Waals surface area (Å²) in [5.74, 6) is 1.81. The van der Waals surface area contributed by atoms with Crippen LogP contribution in [0, 0.1) is 17.8 Å². The Kier molecular flexibility index (Phi) is 1.76. The van der Waals surface area contributed by atoms with Crippen LogP contribution in [-0.2, 0) is 11.1 Å². The van der Waals surface area contributed by atoms with Gasteiger partial charge in [0, 0.05) is 0 Å². The van der Waals surface area contributed by atoms with E-state index >= 15 is 0 Å². The van der Waals surface area contributed by atoms with Crippen molar-refractivity contribution in [1.29, 1.82) is 0 Å². The lowest BCUT2D eigenvalue weighted by Crippen LogP contribution is -2.53. The molecule has 0 saturated heterocycles. The zero-order valence-corrected chi connectivity index (χ0v) is 9.05. The first kappa shape index (κ1) is 9.10. The average Bonchev–Trinajstić information content (AvgIpc) is 2.12. The third kappa shape index (κ3) is 1.03. The molecule has 3 atom stereocenters. The molecule has 4 bridgehead atoms. The summed E-state index contributed by atoms with van der Waals surface area (Å²) >= 11 is -1.63. The van der Waals surface area contributed by atoms with Crippen LogP contribution < -0.4 is 0 Å². The van der Waals surface area contributed by atoms with E-state index in [-0.39, 0.29) is 4.75 Å². The lowest BCUT2D eigenvalue weighted by Gasteiger charge is -2.56. The summed E-state index contributed by atoms with van der Waals surface area (Å²) in [5, 5.41) is 0. The molecule has 4 saturated carbocycles. The third-order valence-corrected chi connectivity index (χ3v) is 5.79. The smallest absolute Gasteiger partial charge is 0.159 e. The monoisotopic (exact) mass is 212 g/mol. The molecular weight excluding hydrogens is 196 g/mol. The minimum absolute atomic E-state index is 0.252. The maximum Gasteiger partial charge on any atom is 0.159 e. The van der Waals surface area contributed by atoms with Crippen LogP contribution in [-0.4, -0.2) is 13.5 Å². The van der Waals surface area contributed by atoms with Gasteiger partial charge in [0.05, 0.1) is 4.75 Å². The Labute approximate surface area is 87.1 Å². The summed E-state index contributed by atoms with van der Waals surface area (Å²) in [5.41, 5.74) is 1.38. The fraction of sp³-hybridized carbons (Fsp3) is 0.818. The second-order valence-electron chi connectivity index (χ2n) is 5.35. The predicted octanol–water partition coefficient (Wildman–Crippen LogP) is 2.34. The number of hydrogen-bond donors (Lipinski definition) is 1. The standard InChI is InChI=1S/C11H16O2S/c1-7-9-2-8-3-10(7)6-11(4-8,5-9)14(12)13/h8-10H,1-6H2,(H,12,13). The van der Waals surface area contributed by atoms with Gasteiger partial charge in [0.25, 0.3) is 0 Å². The summed E-state index contributed by atoms with van der Waals surface area (Å²) in [4.78, 5) is 0. The van der Waals surface area contributed by atoms with Crippen molar-refractivity contribution in [3.05, 3.63) is 12.2 Å². The summed E-state index contributed by atoms with van der Waals surface area (Å²) in [7, 11) is 0. The van der Waals surface area contributed by atoms with Gasteiger partial charge in [-0.2, -0.15) is 0 Å². The van der Waals surface area contributed by atoms with E-state index in [0.29, 0.717) is 17.8 Å². The highest BCUT2D eigenvalue weighted by Gasteiger charge is 2.55. The van der Waals surface area contributed by atoms with E-state index in [0.717, 1.165) is 19.3 Å². The van der Waals surface area contributed by atoms with Gasteiger partial charge in [-0.1, -0.05) is 12.2 Å². The number of allylic oxidation sites excluding steroid dienone is 1. The average molecular weight is 212 g/mol. The molecule has 3 unspecified atom stereocenters. The van der Waals surface area contributed by atoms with Crippen LogP contribution in [0.25, 0.3) is 0 Å². The third-order valence-electron chi connectivity index (χ3n) is 4.55. The van der Waals surface area contributed by atoms with Gasteiger partial charge >= 0.3 is 0 Å². The highest BCUT2D eigenvalue weighted by molar-refractivity contribution is 7.80. The normalized spacial score (nSPS) is 52.4. The summed E-state index contributed by atoms with van der Waals surface area (Å²) < 4.78 is 20.6. The van der Waals surface area contributed by atoms with E-state index in [1.165, 1.54) is 18.4 Å². The summed E-state index contributed by atoms with van der Waals surface area (Å²) in [6, 6.07) is 0. The van der Waals surface area contributed by atoms with Crippen LogP contribution in [0.2, 0.25) is 0 Å². The van der Waals surface area contributed by atoms with E-state index in [9.17, 15) is 8.76 Å². The highest BCUT2D eigenvalue weighted by Crippen LogP contribution is 2.59. The van der Waals surface area contributed by atoms with E-state index in [1.807, 2.05) is 0 Å². The van der Waals surface area contributed by atoms with Gasteiger partial charge in [-0.25, -0.2) is 4.21 Å². The van der Waals surface area contributed by atoms with Gasteiger partial charge in [-0.3, -0.25) is 0 Å². The van der Waals surface area contributed by atoms with Gasteiger partial charge in [0.15, 0.2) is 11.1 Å². The Hall–Kier alpha value is -0.150. The maximum atomic E-state index is 11.4. The molecule has 0 radical (unpaired) electrons. The first-order chi connectivity index (χ1) is 6.61. The Morgan fingerprint density at radius 3 is 2.36 bits per heavy atom. The largest absolute Gasteiger partial charge is 0.306 e. The molecule has 0 amide bonds. The lowest BCUT2D eigenvalue weighted by atomic mass is 9.54. The molecule has 3 heteroatoms. The van der Waals surface area contributed by atoms with Crippen molar-refractivity contribution >= 4 is 11.1 Å². The summed E-state index contributed by atoms with van der Waals surface area (Å²) in [6.45, 7) is 4.16. The van der Waals surface area contributed by atoms with E-state index in [2.05, 4.69) is 6.58 Å². The van der Waals surface area contributed by atoms with Gasteiger partial charge in [0.1, 0.15) is 0 Å². The Balaban J connectivity index is 2.00. The van der Waals surface area contributed by atoms with Crippen LogP contribution in [0.5, 0.6) is 0 Å². The molecule has 4 aliphatic rings. The van der Waals surface area contributed by atoms with Crippen LogP contribution in [0.1, 0.15) is 32.1 Å². The second-order valence-corrected chi connectivity index (χ2v) is 6.72. The molecule has 0 aromatic heterocycles. The number of hydrogen-bond acceptors (Lipinski definition) is 1. The van der Waals surface area contributed by atoms with Crippen molar-refractivity contribution in [2.45, 2.75) is 36.9 Å². The molecule has 0 aromatic rings. The topological polar surface area (TPSA) is 37.3 Å². The molecule has 78 valence electrons. The van der Waals surface area contributed by atoms with Gasteiger partial charge < -0.3 is 4.55 Å². The molecule has 0 heterocycles. The van der Waals surface area contributed by atoms with Gasteiger partial charge in [-0.15, -0.1) is 0 Å². The van der Waals surface area contributed by atoms with E-state index in [1.54, 1.807) is 0 Å². The first-order valence-corrected chi connectivity index (χ1v) is 6.51. The van der Waals surface area contributed by atoms with Crippen molar-refractivity contribution in [3.8, 4) is 0 Å². The van der Waals surface area contributed by atoms with Crippen molar-refractivity contribution in [2.24, 2.45) is 17.8 Å². The molecule has 4 rings (SSSR count). The zero-order chi connectivity index (χ0) is 9.92. The first-order valence-electron chi connectivity index (χ1n) is 5.40. The number of rotatable bonds is 1. The predicted molar refractivity (Wildman–Crippen MR) is 56.2 cm³/mol. The van der Waals surface area contributed by atoms with Crippen LogP contribution in [0.3, 0.4) is 0 Å². The molecule has 1 N–H and O–H groups in total. The second kappa shape index (κ2) is 2.70. The van der Waals surface area contributed by atoms with Gasteiger partial charge in [0.2, 0.25) is 0 Å². The van der Waals surface area contributed by atoms with E-state index in [4.69, 9.17) is 0 Å². The Morgan fingerprint density at radius 1 is 1.29 bits per heavy atom. The fourth-order valence-electron chi connectivity index (χ4n) is 4.02. The highest BCUT2D eigenvalue weighted by atomic mass is 32.2.